The zero-order chi connectivity index (χ0) is 60.3. The number of imide groups is 1. The number of unbranched alkanes of at least 4 members (excludes halogenated alkanes) is 7. The molecule has 4 rings (SSSR count). The Morgan fingerprint density at radius 1 is 0.506 bits per heavy atom. The number of hydrogen-bond acceptors (Lipinski definition) is 15. The molecule has 0 aromatic heterocycles. The van der Waals surface area contributed by atoms with Gasteiger partial charge >= 0.3 is 24.3 Å². The molecule has 0 saturated heterocycles. The number of hydrogen-bond donors (Lipinski definition) is 6. The second kappa shape index (κ2) is 29.5. The van der Waals surface area contributed by atoms with Gasteiger partial charge in [-0.2, -0.15) is 9.28 Å². The maximum absolute atomic E-state index is 14.0. The van der Waals surface area contributed by atoms with Gasteiger partial charge in [0.2, 0.25) is 0 Å². The van der Waals surface area contributed by atoms with Crippen molar-refractivity contribution in [3.05, 3.63) is 130 Å². The smallest absolute Gasteiger partial charge is 0.449 e. The molecule has 0 radical (unpaired) electrons. The first-order chi connectivity index (χ1) is 38.0. The van der Waals surface area contributed by atoms with E-state index in [0.29, 0.717) is 80.3 Å². The van der Waals surface area contributed by atoms with Gasteiger partial charge in [-0.15, -0.1) is 0 Å². The zero-order valence-electron chi connectivity index (χ0n) is 48.6. The Balaban J connectivity index is 1.34. The van der Waals surface area contributed by atoms with Crippen LogP contribution < -0.4 is 15.1 Å². The minimum atomic E-state index is -1.63. The summed E-state index contributed by atoms with van der Waals surface area (Å²) in [5, 5.41) is 46.8. The third-order valence-electron chi connectivity index (χ3n) is 13.5. The summed E-state index contributed by atoms with van der Waals surface area (Å²) in [7, 11) is 1.27. The second-order valence-corrected chi connectivity index (χ2v) is 22.3. The molecule has 0 aliphatic rings. The molecular weight excluding hydrogens is 1040 g/mol. The molecule has 0 aliphatic heterocycles. The first-order valence-corrected chi connectivity index (χ1v) is 27.6. The monoisotopic (exact) mass is 1120 g/mol. The maximum atomic E-state index is 14.0. The standard InChI is InChI=1S/C62H82N4O15/c1-11-12-41-80-57(73)65(39-19-15-13-18-38-64-56(72)81-50(42-21-25-44(26-22-42)51(67)59(2,3)75)43-23-27-45(28-24-43)52(68)60(4,5)76)55(71)63-37-17-14-16-20-40-66(58(74)79-10,48-33-29-46(30-34-48)53(69)61(6,7)77)49-35-31-47(32-36-49)54(70)62(8,9)78/h21-36,50,75-78H,11-20,37-41H2,1-10H3,(H-,63,64,71,72)/p+1. The number of rotatable bonds is 30. The molecule has 4 aromatic rings. The quantitative estimate of drug-likeness (QED) is 0.0123. The van der Waals surface area contributed by atoms with Gasteiger partial charge in [0.05, 0.1) is 20.3 Å². The summed E-state index contributed by atoms with van der Waals surface area (Å²) in [6, 6.07) is 24.6. The molecule has 0 fully saturated rings. The number of aliphatic hydroxyl groups is 4. The molecule has 81 heavy (non-hydrogen) atoms. The highest BCUT2D eigenvalue weighted by Crippen LogP contribution is 2.38. The summed E-state index contributed by atoms with van der Waals surface area (Å²) >= 11 is 0. The Morgan fingerprint density at radius 3 is 1.26 bits per heavy atom. The van der Waals surface area contributed by atoms with Crippen molar-refractivity contribution in [1.82, 2.24) is 20.0 Å². The van der Waals surface area contributed by atoms with Crippen LogP contribution in [-0.4, -0.2) is 135 Å². The van der Waals surface area contributed by atoms with Crippen LogP contribution in [0.3, 0.4) is 0 Å². The summed E-state index contributed by atoms with van der Waals surface area (Å²) in [5.41, 5.74) is -3.49. The number of methoxy groups -OCH3 is 1. The SMILES string of the molecule is CCCCOC(=O)N(CCCCCCNC(=O)OC(c1ccc(C(=O)C(C)(C)O)cc1)c1ccc(C(=O)C(C)(C)O)cc1)C(=O)NCCCCCC[N+](C(=O)OC)(c1ccc(C(=O)C(C)(C)O)cc1)c1ccc(C(=O)C(C)(C)O)cc1. The lowest BCUT2D eigenvalue weighted by Crippen LogP contribution is -2.50. The second-order valence-electron chi connectivity index (χ2n) is 22.3. The van der Waals surface area contributed by atoms with Gasteiger partial charge in [0, 0.05) is 66.2 Å². The Kier molecular flexibility index (Phi) is 24.2. The van der Waals surface area contributed by atoms with Crippen LogP contribution in [0.1, 0.15) is 185 Å². The maximum Gasteiger partial charge on any atom is 0.526 e. The predicted octanol–water partition coefficient (Wildman–Crippen LogP) is 10.5. The minimum absolute atomic E-state index is 0.0850. The molecule has 0 unspecified atom stereocenters. The number of ether oxygens (including phenoxy) is 3. The lowest BCUT2D eigenvalue weighted by molar-refractivity contribution is 0.0487. The van der Waals surface area contributed by atoms with Crippen molar-refractivity contribution >= 4 is 58.8 Å². The van der Waals surface area contributed by atoms with E-state index in [9.17, 15) is 58.8 Å². The van der Waals surface area contributed by atoms with Gasteiger partial charge < -0.3 is 45.3 Å². The van der Waals surface area contributed by atoms with Crippen molar-refractivity contribution in [2.75, 3.05) is 39.9 Å². The van der Waals surface area contributed by atoms with Crippen LogP contribution in [0.4, 0.5) is 30.6 Å². The number of carbonyl (C=O) groups excluding carboxylic acids is 8. The lowest BCUT2D eigenvalue weighted by Gasteiger charge is -2.33. The number of alkyl carbamates (subject to hydrolysis) is 1. The number of ketones is 4. The number of carbonyl (C=O) groups is 8. The summed E-state index contributed by atoms with van der Waals surface area (Å²) in [5.74, 6) is -1.98. The van der Waals surface area contributed by atoms with Crippen LogP contribution in [0.25, 0.3) is 0 Å². The van der Waals surface area contributed by atoms with E-state index < -0.39 is 80.4 Å². The minimum Gasteiger partial charge on any atom is -0.449 e. The highest BCUT2D eigenvalue weighted by Gasteiger charge is 2.44. The summed E-state index contributed by atoms with van der Waals surface area (Å²) in [4.78, 5) is 106. The van der Waals surface area contributed by atoms with Crippen molar-refractivity contribution in [2.24, 2.45) is 0 Å². The average molecular weight is 1120 g/mol. The van der Waals surface area contributed by atoms with Crippen LogP contribution in [0.5, 0.6) is 0 Å². The van der Waals surface area contributed by atoms with Crippen LogP contribution in [0.15, 0.2) is 97.1 Å². The first kappa shape index (κ1) is 66.4. The average Bonchev–Trinajstić information content (AvgIpc) is 3.51. The summed E-state index contributed by atoms with van der Waals surface area (Å²) in [6.45, 7) is 14.0. The molecular formula is C62H83N4O15+. The third kappa shape index (κ3) is 19.0. The molecule has 0 saturated carbocycles. The highest BCUT2D eigenvalue weighted by molar-refractivity contribution is 6.04. The van der Waals surface area contributed by atoms with E-state index in [-0.39, 0.29) is 55.0 Å². The number of Topliss-reactive ketones (excluding diaryl/α,β-unsaturated/α-hetero) is 4. The molecule has 19 heteroatoms. The molecule has 0 atom stereocenters. The normalized spacial score (nSPS) is 12.1. The van der Waals surface area contributed by atoms with Gasteiger partial charge in [-0.1, -0.05) is 81.1 Å². The van der Waals surface area contributed by atoms with Gasteiger partial charge in [0.15, 0.2) is 29.2 Å². The Hall–Kier alpha value is -7.16. The number of quaternary nitrogens is 1. The van der Waals surface area contributed by atoms with Gasteiger partial charge in [-0.3, -0.25) is 19.2 Å². The number of benzene rings is 4. The summed E-state index contributed by atoms with van der Waals surface area (Å²) < 4.78 is 16.3. The lowest BCUT2D eigenvalue weighted by atomic mass is 9.92. The molecule has 0 aliphatic carbocycles. The number of nitrogens with one attached hydrogen (secondary N) is 2. The number of urea groups is 1. The Morgan fingerprint density at radius 2 is 0.877 bits per heavy atom. The van der Waals surface area contributed by atoms with Gasteiger partial charge in [-0.05, 0) is 129 Å². The van der Waals surface area contributed by atoms with Crippen LogP contribution in [0.2, 0.25) is 0 Å². The molecule has 4 aromatic carbocycles. The number of amides is 5. The molecule has 440 valence electrons. The van der Waals surface area contributed by atoms with Gasteiger partial charge in [0.25, 0.3) is 0 Å². The van der Waals surface area contributed by atoms with E-state index in [2.05, 4.69) is 10.6 Å². The molecule has 0 heterocycles. The van der Waals surface area contributed by atoms with E-state index in [1.807, 2.05) is 6.92 Å². The molecule has 5 amide bonds. The van der Waals surface area contributed by atoms with E-state index in [0.717, 1.165) is 11.3 Å². The van der Waals surface area contributed by atoms with Crippen molar-refractivity contribution in [2.45, 2.75) is 155 Å². The van der Waals surface area contributed by atoms with E-state index in [1.54, 1.807) is 48.5 Å². The van der Waals surface area contributed by atoms with Gasteiger partial charge in [-0.25, -0.2) is 19.3 Å². The van der Waals surface area contributed by atoms with E-state index in [1.165, 1.54) is 111 Å². The van der Waals surface area contributed by atoms with Gasteiger partial charge in [0.1, 0.15) is 33.8 Å². The van der Waals surface area contributed by atoms with Crippen LogP contribution in [-0.2, 0) is 14.2 Å². The first-order valence-electron chi connectivity index (χ1n) is 27.6. The topological polar surface area (TPSA) is 272 Å². The highest BCUT2D eigenvalue weighted by atomic mass is 16.6. The molecule has 0 bridgehead atoms. The largest absolute Gasteiger partial charge is 0.526 e. The molecule has 0 spiro atoms. The fourth-order valence-corrected chi connectivity index (χ4v) is 8.82. The van der Waals surface area contributed by atoms with E-state index >= 15 is 0 Å². The van der Waals surface area contributed by atoms with Crippen molar-refractivity contribution in [3.8, 4) is 0 Å². The van der Waals surface area contributed by atoms with Crippen molar-refractivity contribution in [1.29, 1.82) is 0 Å². The molecule has 6 N–H and O–H groups in total. The van der Waals surface area contributed by atoms with Crippen LogP contribution in [0, 0.1) is 0 Å². The summed E-state index contributed by atoms with van der Waals surface area (Å²) in [6.07, 6.45) is 2.83. The fraction of sp³-hybridized carbons (Fsp3) is 0.484. The van der Waals surface area contributed by atoms with Crippen molar-refractivity contribution < 1.29 is 73.0 Å². The van der Waals surface area contributed by atoms with E-state index in [4.69, 9.17) is 14.2 Å². The fourth-order valence-electron chi connectivity index (χ4n) is 8.82. The molecule has 19 nitrogen and oxygen atoms in total. The van der Waals surface area contributed by atoms with Crippen molar-refractivity contribution in [3.63, 3.8) is 0 Å². The van der Waals surface area contributed by atoms with Crippen LogP contribution >= 0.6 is 0 Å². The number of nitrogens with zero attached hydrogens (tertiary/aromatic N) is 2. The Labute approximate surface area is 475 Å². The predicted molar refractivity (Wildman–Crippen MR) is 307 cm³/mol. The Bertz CT molecular complexity index is 2630. The third-order valence-corrected chi connectivity index (χ3v) is 13.5. The zero-order valence-corrected chi connectivity index (χ0v) is 48.6.